The Morgan fingerprint density at radius 1 is 1.47 bits per heavy atom. The van der Waals surface area contributed by atoms with Crippen LogP contribution in [0.1, 0.15) is 24.8 Å². The highest BCUT2D eigenvalue weighted by atomic mass is 15.1. The second-order valence-corrected chi connectivity index (χ2v) is 4.69. The van der Waals surface area contributed by atoms with Crippen LogP contribution in [0.25, 0.3) is 0 Å². The van der Waals surface area contributed by atoms with Gasteiger partial charge in [-0.25, -0.2) is 0 Å². The molecule has 1 heterocycles. The zero-order valence-corrected chi connectivity index (χ0v) is 10.3. The van der Waals surface area contributed by atoms with Crippen molar-refractivity contribution in [2.24, 2.45) is 0 Å². The van der Waals surface area contributed by atoms with E-state index in [1.807, 2.05) is 18.2 Å². The van der Waals surface area contributed by atoms with Crippen LogP contribution in [-0.2, 0) is 0 Å². The van der Waals surface area contributed by atoms with Gasteiger partial charge >= 0.3 is 0 Å². The average Bonchev–Trinajstić information content (AvgIpc) is 2.40. The summed E-state index contributed by atoms with van der Waals surface area (Å²) in [5.74, 6) is 0. The van der Waals surface area contributed by atoms with Gasteiger partial charge in [0.25, 0.3) is 0 Å². The van der Waals surface area contributed by atoms with Crippen LogP contribution in [0.4, 0.5) is 5.69 Å². The van der Waals surface area contributed by atoms with Crippen LogP contribution < -0.4 is 10.2 Å². The van der Waals surface area contributed by atoms with E-state index in [-0.39, 0.29) is 0 Å². The summed E-state index contributed by atoms with van der Waals surface area (Å²) in [6, 6.07) is 10.6. The molecule has 0 aromatic heterocycles. The Bertz CT molecular complexity index is 402. The minimum Gasteiger partial charge on any atom is -0.373 e. The maximum Gasteiger partial charge on any atom is 0.0992 e. The third-order valence-corrected chi connectivity index (χ3v) is 3.32. The summed E-state index contributed by atoms with van der Waals surface area (Å²) in [6.45, 7) is 2.14. The smallest absolute Gasteiger partial charge is 0.0992 e. The Morgan fingerprint density at radius 3 is 3.06 bits per heavy atom. The first-order valence-electron chi connectivity index (χ1n) is 6.24. The number of piperidine rings is 1. The molecule has 90 valence electrons. The molecule has 0 aliphatic carbocycles. The van der Waals surface area contributed by atoms with E-state index < -0.39 is 0 Å². The summed E-state index contributed by atoms with van der Waals surface area (Å²) in [7, 11) is 2.09. The monoisotopic (exact) mass is 229 g/mol. The van der Waals surface area contributed by atoms with E-state index in [0.29, 0.717) is 6.04 Å². The molecule has 1 atom stereocenters. The van der Waals surface area contributed by atoms with Crippen molar-refractivity contribution in [1.29, 1.82) is 5.26 Å². The molecule has 0 radical (unpaired) electrons. The zero-order valence-electron chi connectivity index (χ0n) is 10.3. The number of nitrogens with one attached hydrogen (secondary N) is 1. The van der Waals surface area contributed by atoms with Crippen LogP contribution in [0.3, 0.4) is 0 Å². The summed E-state index contributed by atoms with van der Waals surface area (Å²) in [4.78, 5) is 2.23. The minimum absolute atomic E-state index is 0.583. The van der Waals surface area contributed by atoms with E-state index in [2.05, 4.69) is 29.4 Å². The van der Waals surface area contributed by atoms with Crippen molar-refractivity contribution in [2.75, 3.05) is 25.0 Å². The number of hydrogen-bond donors (Lipinski definition) is 1. The Kier molecular flexibility index (Phi) is 4.00. The van der Waals surface area contributed by atoms with E-state index >= 15 is 0 Å². The largest absolute Gasteiger partial charge is 0.373 e. The molecule has 1 aromatic rings. The van der Waals surface area contributed by atoms with Gasteiger partial charge in [0, 0.05) is 25.3 Å². The molecular weight excluding hydrogens is 210 g/mol. The summed E-state index contributed by atoms with van der Waals surface area (Å²) in [5.41, 5.74) is 1.85. The van der Waals surface area contributed by atoms with Gasteiger partial charge in [0.2, 0.25) is 0 Å². The highest BCUT2D eigenvalue weighted by Gasteiger charge is 2.14. The molecule has 0 saturated carbocycles. The van der Waals surface area contributed by atoms with Crippen LogP contribution >= 0.6 is 0 Å². The maximum absolute atomic E-state index is 8.88. The number of nitriles is 1. The fourth-order valence-corrected chi connectivity index (χ4v) is 2.33. The van der Waals surface area contributed by atoms with Gasteiger partial charge in [-0.15, -0.1) is 0 Å². The van der Waals surface area contributed by atoms with E-state index in [1.54, 1.807) is 0 Å². The van der Waals surface area contributed by atoms with Crippen molar-refractivity contribution < 1.29 is 0 Å². The van der Waals surface area contributed by atoms with Gasteiger partial charge in [-0.2, -0.15) is 5.26 Å². The third kappa shape index (κ3) is 3.21. The highest BCUT2D eigenvalue weighted by molar-refractivity contribution is 5.51. The van der Waals surface area contributed by atoms with Crippen LogP contribution in [0.2, 0.25) is 0 Å². The van der Waals surface area contributed by atoms with Crippen molar-refractivity contribution in [1.82, 2.24) is 5.32 Å². The maximum atomic E-state index is 8.88. The molecule has 3 heteroatoms. The van der Waals surface area contributed by atoms with Gasteiger partial charge < -0.3 is 10.2 Å². The standard InChI is InChI=1S/C14H19N3/c1-17(11-13-6-2-3-8-16-13)14-7-4-5-12(9-14)10-15/h4-5,7,9,13,16H,2-3,6,8,11H2,1H3. The molecule has 1 saturated heterocycles. The first-order chi connectivity index (χ1) is 8.29. The molecule has 1 fully saturated rings. The summed E-state index contributed by atoms with van der Waals surface area (Å²) in [5, 5.41) is 12.4. The number of benzene rings is 1. The van der Waals surface area contributed by atoms with Gasteiger partial charge in [0.15, 0.2) is 0 Å². The highest BCUT2D eigenvalue weighted by Crippen LogP contribution is 2.16. The average molecular weight is 229 g/mol. The molecule has 1 unspecified atom stereocenters. The number of likely N-dealkylation sites (N-methyl/N-ethyl adjacent to an activating group) is 1. The van der Waals surface area contributed by atoms with Gasteiger partial charge in [-0.1, -0.05) is 12.5 Å². The first kappa shape index (κ1) is 11.9. The van der Waals surface area contributed by atoms with E-state index in [9.17, 15) is 0 Å². The number of hydrogen-bond acceptors (Lipinski definition) is 3. The molecule has 1 N–H and O–H groups in total. The Balaban J connectivity index is 1.98. The molecule has 1 aliphatic heterocycles. The quantitative estimate of drug-likeness (QED) is 0.863. The summed E-state index contributed by atoms with van der Waals surface area (Å²) in [6.07, 6.45) is 3.87. The van der Waals surface area contributed by atoms with Gasteiger partial charge in [-0.05, 0) is 37.6 Å². The zero-order chi connectivity index (χ0) is 12.1. The van der Waals surface area contributed by atoms with E-state index in [4.69, 9.17) is 5.26 Å². The third-order valence-electron chi connectivity index (χ3n) is 3.32. The summed E-state index contributed by atoms with van der Waals surface area (Å²) < 4.78 is 0. The van der Waals surface area contributed by atoms with Crippen LogP contribution in [0.15, 0.2) is 24.3 Å². The predicted molar refractivity (Wildman–Crippen MR) is 70.1 cm³/mol. The number of anilines is 1. The molecule has 17 heavy (non-hydrogen) atoms. The fraction of sp³-hybridized carbons (Fsp3) is 0.500. The Morgan fingerprint density at radius 2 is 2.35 bits per heavy atom. The molecule has 2 rings (SSSR count). The molecule has 0 bridgehead atoms. The molecule has 0 amide bonds. The van der Waals surface area contributed by atoms with Crippen LogP contribution in [0.5, 0.6) is 0 Å². The van der Waals surface area contributed by atoms with Crippen molar-refractivity contribution >= 4 is 5.69 Å². The van der Waals surface area contributed by atoms with Gasteiger partial charge in [0.05, 0.1) is 11.6 Å². The number of rotatable bonds is 3. The molecule has 1 aromatic carbocycles. The second kappa shape index (κ2) is 5.70. The van der Waals surface area contributed by atoms with E-state index in [0.717, 1.165) is 24.3 Å². The SMILES string of the molecule is CN(CC1CCCCN1)c1cccc(C#N)c1. The van der Waals surface area contributed by atoms with Crippen molar-refractivity contribution in [3.63, 3.8) is 0 Å². The Hall–Kier alpha value is -1.53. The van der Waals surface area contributed by atoms with Crippen molar-refractivity contribution in [3.05, 3.63) is 29.8 Å². The van der Waals surface area contributed by atoms with Gasteiger partial charge in [0.1, 0.15) is 0 Å². The lowest BCUT2D eigenvalue weighted by atomic mass is 10.0. The van der Waals surface area contributed by atoms with Crippen LogP contribution in [-0.4, -0.2) is 26.2 Å². The lowest BCUT2D eigenvalue weighted by molar-refractivity contribution is 0.403. The molecule has 3 nitrogen and oxygen atoms in total. The number of nitrogens with zero attached hydrogens (tertiary/aromatic N) is 2. The lowest BCUT2D eigenvalue weighted by Gasteiger charge is -2.29. The fourth-order valence-electron chi connectivity index (χ4n) is 2.33. The minimum atomic E-state index is 0.583. The van der Waals surface area contributed by atoms with Crippen molar-refractivity contribution in [2.45, 2.75) is 25.3 Å². The first-order valence-corrected chi connectivity index (χ1v) is 6.24. The molecular formula is C14H19N3. The normalized spacial score (nSPS) is 19.6. The lowest BCUT2D eigenvalue weighted by Crippen LogP contribution is -2.42. The topological polar surface area (TPSA) is 39.1 Å². The predicted octanol–water partition coefficient (Wildman–Crippen LogP) is 2.14. The second-order valence-electron chi connectivity index (χ2n) is 4.69. The summed E-state index contributed by atoms with van der Waals surface area (Å²) >= 11 is 0. The van der Waals surface area contributed by atoms with E-state index in [1.165, 1.54) is 19.3 Å². The molecule has 0 spiro atoms. The van der Waals surface area contributed by atoms with Crippen molar-refractivity contribution in [3.8, 4) is 6.07 Å². The molecule has 1 aliphatic rings. The van der Waals surface area contributed by atoms with Crippen LogP contribution in [0, 0.1) is 11.3 Å². The van der Waals surface area contributed by atoms with Gasteiger partial charge in [-0.3, -0.25) is 0 Å². The Labute approximate surface area is 103 Å².